The molecule has 1 aromatic heterocycles. The van der Waals surface area contributed by atoms with Gasteiger partial charge >= 0.3 is 0 Å². The van der Waals surface area contributed by atoms with Crippen molar-refractivity contribution in [3.63, 3.8) is 0 Å². The summed E-state index contributed by atoms with van der Waals surface area (Å²) in [6, 6.07) is 3.98. The molecule has 2 rings (SSSR count). The Morgan fingerprint density at radius 2 is 2.38 bits per heavy atom. The summed E-state index contributed by atoms with van der Waals surface area (Å²) in [5.41, 5.74) is 2.50. The van der Waals surface area contributed by atoms with Gasteiger partial charge in [-0.05, 0) is 17.5 Å². The van der Waals surface area contributed by atoms with Gasteiger partial charge < -0.3 is 5.32 Å². The molecule has 0 saturated carbocycles. The lowest BCUT2D eigenvalue weighted by Gasteiger charge is -2.10. The van der Waals surface area contributed by atoms with Crippen molar-refractivity contribution < 1.29 is 0 Å². The van der Waals surface area contributed by atoms with Gasteiger partial charge in [-0.3, -0.25) is 0 Å². The van der Waals surface area contributed by atoms with E-state index in [1.54, 1.807) is 0 Å². The first-order chi connectivity index (χ1) is 6.27. The lowest BCUT2D eigenvalue weighted by atomic mass is 10.00. The Bertz CT molecular complexity index is 312. The summed E-state index contributed by atoms with van der Waals surface area (Å²) in [6.07, 6.45) is 0.986. The molecule has 1 atom stereocenters. The van der Waals surface area contributed by atoms with Crippen molar-refractivity contribution in [2.75, 3.05) is 13.1 Å². The maximum Gasteiger partial charge on any atom is 0.129 e. The van der Waals surface area contributed by atoms with Gasteiger partial charge in [0.25, 0.3) is 0 Å². The highest BCUT2D eigenvalue weighted by Crippen LogP contribution is 2.22. The van der Waals surface area contributed by atoms with Crippen LogP contribution < -0.4 is 5.32 Å². The zero-order chi connectivity index (χ0) is 9.26. The van der Waals surface area contributed by atoms with Crippen LogP contribution in [-0.2, 0) is 6.42 Å². The van der Waals surface area contributed by atoms with E-state index < -0.39 is 0 Å². The molecule has 1 aromatic rings. The third-order valence-electron chi connectivity index (χ3n) is 2.50. The van der Waals surface area contributed by atoms with E-state index in [4.69, 9.17) is 11.6 Å². The van der Waals surface area contributed by atoms with Crippen LogP contribution in [-0.4, -0.2) is 18.1 Å². The summed E-state index contributed by atoms with van der Waals surface area (Å²) in [4.78, 5) is 4.35. The molecule has 3 heteroatoms. The summed E-state index contributed by atoms with van der Waals surface area (Å²) >= 11 is 5.85. The van der Waals surface area contributed by atoms with E-state index in [2.05, 4.69) is 23.3 Å². The Labute approximate surface area is 83.3 Å². The van der Waals surface area contributed by atoms with Gasteiger partial charge in [-0.1, -0.05) is 24.6 Å². The van der Waals surface area contributed by atoms with Crippen molar-refractivity contribution >= 4 is 11.6 Å². The number of nitrogens with one attached hydrogen (secondary N) is 1. The fourth-order valence-electron chi connectivity index (χ4n) is 1.77. The second kappa shape index (κ2) is 3.64. The molecule has 1 N–H and O–H groups in total. The largest absolute Gasteiger partial charge is 0.316 e. The molecule has 0 spiro atoms. The van der Waals surface area contributed by atoms with Crippen LogP contribution in [0.4, 0.5) is 0 Å². The molecule has 0 saturated heterocycles. The fraction of sp³-hybridized carbons (Fsp3) is 0.500. The molecule has 1 aliphatic rings. The van der Waals surface area contributed by atoms with Crippen LogP contribution in [0.15, 0.2) is 12.1 Å². The summed E-state index contributed by atoms with van der Waals surface area (Å²) < 4.78 is 0. The third-order valence-corrected chi connectivity index (χ3v) is 2.71. The van der Waals surface area contributed by atoms with E-state index in [9.17, 15) is 0 Å². The van der Waals surface area contributed by atoms with Gasteiger partial charge in [0.15, 0.2) is 0 Å². The monoisotopic (exact) mass is 196 g/mol. The van der Waals surface area contributed by atoms with Crippen molar-refractivity contribution in [3.8, 4) is 0 Å². The number of aromatic nitrogens is 1. The quantitative estimate of drug-likeness (QED) is 0.642. The van der Waals surface area contributed by atoms with Gasteiger partial charge in [0.1, 0.15) is 5.15 Å². The van der Waals surface area contributed by atoms with Crippen LogP contribution >= 0.6 is 11.6 Å². The fourth-order valence-corrected chi connectivity index (χ4v) is 1.93. The van der Waals surface area contributed by atoms with Crippen molar-refractivity contribution in [2.45, 2.75) is 19.3 Å². The van der Waals surface area contributed by atoms with Crippen LogP contribution in [0.5, 0.6) is 0 Å². The van der Waals surface area contributed by atoms with Gasteiger partial charge in [0.2, 0.25) is 0 Å². The standard InChI is InChI=1S/C10H13ClN2/c1-7-6-12-5-4-9-8(7)2-3-10(11)13-9/h2-3,7,12H,4-6H2,1H3. The number of hydrogen-bond donors (Lipinski definition) is 1. The minimum atomic E-state index is 0.544. The summed E-state index contributed by atoms with van der Waals surface area (Å²) in [5, 5.41) is 3.98. The van der Waals surface area contributed by atoms with E-state index in [1.807, 2.05) is 6.07 Å². The number of hydrogen-bond acceptors (Lipinski definition) is 2. The van der Waals surface area contributed by atoms with Gasteiger partial charge in [-0.2, -0.15) is 0 Å². The first-order valence-corrected chi connectivity index (χ1v) is 5.01. The minimum Gasteiger partial charge on any atom is -0.316 e. The molecule has 0 fully saturated rings. The maximum atomic E-state index is 5.85. The van der Waals surface area contributed by atoms with Crippen LogP contribution in [0.1, 0.15) is 24.1 Å². The van der Waals surface area contributed by atoms with Gasteiger partial charge in [0, 0.05) is 25.2 Å². The summed E-state index contributed by atoms with van der Waals surface area (Å²) in [5.74, 6) is 0.544. The highest BCUT2D eigenvalue weighted by Gasteiger charge is 2.15. The van der Waals surface area contributed by atoms with Crippen LogP contribution in [0.25, 0.3) is 0 Å². The maximum absolute atomic E-state index is 5.85. The molecule has 0 amide bonds. The second-order valence-electron chi connectivity index (χ2n) is 3.53. The van der Waals surface area contributed by atoms with Gasteiger partial charge in [0.05, 0.1) is 0 Å². The summed E-state index contributed by atoms with van der Waals surface area (Å²) in [7, 11) is 0. The first-order valence-electron chi connectivity index (χ1n) is 4.63. The molecule has 2 heterocycles. The Morgan fingerprint density at radius 1 is 1.54 bits per heavy atom. The molecule has 1 aliphatic heterocycles. The number of pyridine rings is 1. The molecule has 70 valence electrons. The topological polar surface area (TPSA) is 24.9 Å². The lowest BCUT2D eigenvalue weighted by molar-refractivity contribution is 0.644. The number of fused-ring (bicyclic) bond motifs is 1. The first kappa shape index (κ1) is 8.97. The molecule has 2 nitrogen and oxygen atoms in total. The minimum absolute atomic E-state index is 0.544. The van der Waals surface area contributed by atoms with Crippen molar-refractivity contribution in [1.82, 2.24) is 10.3 Å². The average Bonchev–Trinajstić information content (AvgIpc) is 2.28. The van der Waals surface area contributed by atoms with Gasteiger partial charge in [-0.15, -0.1) is 0 Å². The highest BCUT2D eigenvalue weighted by molar-refractivity contribution is 6.29. The Hall–Kier alpha value is -0.600. The molecule has 0 radical (unpaired) electrons. The Morgan fingerprint density at radius 3 is 3.23 bits per heavy atom. The smallest absolute Gasteiger partial charge is 0.129 e. The highest BCUT2D eigenvalue weighted by atomic mass is 35.5. The molecule has 0 bridgehead atoms. The predicted molar refractivity (Wildman–Crippen MR) is 54.2 cm³/mol. The number of rotatable bonds is 0. The SMILES string of the molecule is CC1CNCCc2nc(Cl)ccc21. The zero-order valence-electron chi connectivity index (χ0n) is 7.68. The normalized spacial score (nSPS) is 22.2. The van der Waals surface area contributed by atoms with Crippen molar-refractivity contribution in [3.05, 3.63) is 28.5 Å². The molecule has 13 heavy (non-hydrogen) atoms. The average molecular weight is 197 g/mol. The third kappa shape index (κ3) is 1.84. The predicted octanol–water partition coefficient (Wildman–Crippen LogP) is 1.98. The van der Waals surface area contributed by atoms with Gasteiger partial charge in [-0.25, -0.2) is 4.98 Å². The number of nitrogens with zero attached hydrogens (tertiary/aromatic N) is 1. The lowest BCUT2D eigenvalue weighted by Crippen LogP contribution is -2.18. The van der Waals surface area contributed by atoms with Crippen LogP contribution in [0, 0.1) is 0 Å². The molecular formula is C10H13ClN2. The molecule has 0 aliphatic carbocycles. The Balaban J connectivity index is 2.42. The van der Waals surface area contributed by atoms with E-state index in [-0.39, 0.29) is 0 Å². The Kier molecular flexibility index (Phi) is 2.51. The molecule has 0 aromatic carbocycles. The molecular weight excluding hydrogens is 184 g/mol. The van der Waals surface area contributed by atoms with E-state index in [1.165, 1.54) is 5.56 Å². The second-order valence-corrected chi connectivity index (χ2v) is 3.91. The van der Waals surface area contributed by atoms with Crippen molar-refractivity contribution in [1.29, 1.82) is 0 Å². The van der Waals surface area contributed by atoms with Crippen LogP contribution in [0.2, 0.25) is 5.15 Å². The van der Waals surface area contributed by atoms with E-state index in [0.29, 0.717) is 11.1 Å². The van der Waals surface area contributed by atoms with E-state index >= 15 is 0 Å². The van der Waals surface area contributed by atoms with Crippen molar-refractivity contribution in [2.24, 2.45) is 0 Å². The van der Waals surface area contributed by atoms with Crippen LogP contribution in [0.3, 0.4) is 0 Å². The summed E-state index contributed by atoms with van der Waals surface area (Å²) in [6.45, 7) is 4.26. The zero-order valence-corrected chi connectivity index (χ0v) is 8.43. The molecule has 1 unspecified atom stereocenters. The number of halogens is 1. The van der Waals surface area contributed by atoms with E-state index in [0.717, 1.165) is 25.2 Å².